The maximum Gasteiger partial charge on any atom is 0.0451 e. The van der Waals surface area contributed by atoms with Gasteiger partial charge in [0.25, 0.3) is 0 Å². The highest BCUT2D eigenvalue weighted by molar-refractivity contribution is 5.26. The van der Waals surface area contributed by atoms with E-state index in [1.807, 2.05) is 19.3 Å². The molecule has 0 aliphatic heterocycles. The smallest absolute Gasteiger partial charge is 0.0451 e. The number of nitrogens with zero attached hydrogens (tertiary/aromatic N) is 1. The van der Waals surface area contributed by atoms with Crippen molar-refractivity contribution < 1.29 is 0 Å². The summed E-state index contributed by atoms with van der Waals surface area (Å²) in [6.45, 7) is 2.30. The SMILES string of the molecule is CNC1c2cccnc2CCC1C. The van der Waals surface area contributed by atoms with E-state index in [0.29, 0.717) is 6.04 Å². The van der Waals surface area contributed by atoms with E-state index in [0.717, 1.165) is 12.3 Å². The zero-order valence-corrected chi connectivity index (χ0v) is 8.25. The van der Waals surface area contributed by atoms with Gasteiger partial charge in [-0.05, 0) is 37.4 Å². The molecule has 70 valence electrons. The first-order valence-corrected chi connectivity index (χ1v) is 4.94. The van der Waals surface area contributed by atoms with Gasteiger partial charge in [0.1, 0.15) is 0 Å². The average Bonchev–Trinajstić information content (AvgIpc) is 2.18. The van der Waals surface area contributed by atoms with E-state index in [2.05, 4.69) is 23.3 Å². The monoisotopic (exact) mass is 176 g/mol. The summed E-state index contributed by atoms with van der Waals surface area (Å²) in [6.07, 6.45) is 4.27. The van der Waals surface area contributed by atoms with Crippen LogP contribution in [0.5, 0.6) is 0 Å². The molecule has 2 nitrogen and oxygen atoms in total. The van der Waals surface area contributed by atoms with Crippen LogP contribution in [-0.2, 0) is 6.42 Å². The van der Waals surface area contributed by atoms with Crippen LogP contribution in [0.4, 0.5) is 0 Å². The van der Waals surface area contributed by atoms with Gasteiger partial charge in [-0.2, -0.15) is 0 Å². The number of hydrogen-bond acceptors (Lipinski definition) is 2. The second kappa shape index (κ2) is 3.46. The first-order valence-electron chi connectivity index (χ1n) is 4.94. The Morgan fingerprint density at radius 3 is 3.15 bits per heavy atom. The van der Waals surface area contributed by atoms with Gasteiger partial charge in [-0.15, -0.1) is 0 Å². The number of pyridine rings is 1. The molecule has 1 aromatic heterocycles. The van der Waals surface area contributed by atoms with Gasteiger partial charge in [0.2, 0.25) is 0 Å². The Kier molecular flexibility index (Phi) is 2.32. The highest BCUT2D eigenvalue weighted by Crippen LogP contribution is 2.32. The standard InChI is InChI=1S/C11H16N2/c1-8-5-6-10-9(11(8)12-2)4-3-7-13-10/h3-4,7-8,11-12H,5-6H2,1-2H3. The molecule has 0 spiro atoms. The van der Waals surface area contributed by atoms with Crippen LogP contribution in [0.3, 0.4) is 0 Å². The molecule has 0 radical (unpaired) electrons. The predicted molar refractivity (Wildman–Crippen MR) is 53.5 cm³/mol. The molecule has 0 saturated heterocycles. The van der Waals surface area contributed by atoms with Gasteiger partial charge in [-0.3, -0.25) is 4.98 Å². The Hall–Kier alpha value is -0.890. The predicted octanol–water partition coefficient (Wildman–Crippen LogP) is 1.92. The van der Waals surface area contributed by atoms with E-state index in [1.165, 1.54) is 17.7 Å². The van der Waals surface area contributed by atoms with Crippen LogP contribution in [0.2, 0.25) is 0 Å². The van der Waals surface area contributed by atoms with Crippen LogP contribution >= 0.6 is 0 Å². The molecular formula is C11H16N2. The fourth-order valence-electron chi connectivity index (χ4n) is 2.22. The summed E-state index contributed by atoms with van der Waals surface area (Å²) in [5, 5.41) is 3.37. The lowest BCUT2D eigenvalue weighted by Crippen LogP contribution is -2.28. The van der Waals surface area contributed by atoms with Crippen LogP contribution in [0.15, 0.2) is 18.3 Å². The third kappa shape index (κ3) is 1.46. The number of rotatable bonds is 1. The Labute approximate surface area is 79.4 Å². The van der Waals surface area contributed by atoms with Gasteiger partial charge in [0, 0.05) is 17.9 Å². The summed E-state index contributed by atoms with van der Waals surface area (Å²) in [7, 11) is 2.03. The van der Waals surface area contributed by atoms with Gasteiger partial charge in [-0.25, -0.2) is 0 Å². The van der Waals surface area contributed by atoms with Crippen molar-refractivity contribution in [2.24, 2.45) is 5.92 Å². The molecule has 0 saturated carbocycles. The summed E-state index contributed by atoms with van der Waals surface area (Å²) in [6, 6.07) is 4.72. The zero-order chi connectivity index (χ0) is 9.26. The molecule has 0 fully saturated rings. The van der Waals surface area contributed by atoms with Crippen LogP contribution in [0, 0.1) is 5.92 Å². The Bertz CT molecular complexity index is 296. The van der Waals surface area contributed by atoms with Gasteiger partial charge in [0.05, 0.1) is 0 Å². The molecule has 2 atom stereocenters. The third-order valence-corrected chi connectivity index (χ3v) is 2.98. The number of nitrogens with one attached hydrogen (secondary N) is 1. The highest BCUT2D eigenvalue weighted by Gasteiger charge is 2.25. The molecule has 0 amide bonds. The van der Waals surface area contributed by atoms with Crippen LogP contribution in [0.1, 0.15) is 30.6 Å². The van der Waals surface area contributed by atoms with E-state index >= 15 is 0 Å². The first-order chi connectivity index (χ1) is 6.33. The first kappa shape index (κ1) is 8.70. The molecule has 13 heavy (non-hydrogen) atoms. The summed E-state index contributed by atoms with van der Waals surface area (Å²) in [4.78, 5) is 4.41. The van der Waals surface area contributed by atoms with Crippen LogP contribution in [-0.4, -0.2) is 12.0 Å². The summed E-state index contributed by atoms with van der Waals surface area (Å²) < 4.78 is 0. The van der Waals surface area contributed by atoms with Gasteiger partial charge >= 0.3 is 0 Å². The van der Waals surface area contributed by atoms with Gasteiger partial charge in [0.15, 0.2) is 0 Å². The lowest BCUT2D eigenvalue weighted by atomic mass is 9.83. The van der Waals surface area contributed by atoms with Crippen LogP contribution < -0.4 is 5.32 Å². The number of hydrogen-bond donors (Lipinski definition) is 1. The Morgan fingerprint density at radius 2 is 2.38 bits per heavy atom. The van der Waals surface area contributed by atoms with Crippen molar-refractivity contribution in [3.05, 3.63) is 29.6 Å². The molecule has 1 N–H and O–H groups in total. The van der Waals surface area contributed by atoms with E-state index < -0.39 is 0 Å². The minimum absolute atomic E-state index is 0.498. The molecule has 1 aromatic rings. The summed E-state index contributed by atoms with van der Waals surface area (Å²) >= 11 is 0. The van der Waals surface area contributed by atoms with Gasteiger partial charge in [-0.1, -0.05) is 13.0 Å². The lowest BCUT2D eigenvalue weighted by molar-refractivity contribution is 0.360. The molecule has 2 rings (SSSR count). The van der Waals surface area contributed by atoms with Crippen LogP contribution in [0.25, 0.3) is 0 Å². The number of aryl methyl sites for hydroxylation is 1. The zero-order valence-electron chi connectivity index (χ0n) is 8.25. The van der Waals surface area contributed by atoms with E-state index in [-0.39, 0.29) is 0 Å². The van der Waals surface area contributed by atoms with E-state index in [4.69, 9.17) is 0 Å². The molecule has 0 aromatic carbocycles. The van der Waals surface area contributed by atoms with Crippen molar-refractivity contribution in [2.45, 2.75) is 25.8 Å². The van der Waals surface area contributed by atoms with Gasteiger partial charge < -0.3 is 5.32 Å². The highest BCUT2D eigenvalue weighted by atomic mass is 14.9. The fraction of sp³-hybridized carbons (Fsp3) is 0.545. The molecule has 1 aliphatic carbocycles. The number of aromatic nitrogens is 1. The Morgan fingerprint density at radius 1 is 1.54 bits per heavy atom. The minimum atomic E-state index is 0.498. The summed E-state index contributed by atoms with van der Waals surface area (Å²) in [5.74, 6) is 0.724. The molecule has 2 unspecified atom stereocenters. The summed E-state index contributed by atoms with van der Waals surface area (Å²) in [5.41, 5.74) is 2.67. The largest absolute Gasteiger partial charge is 0.313 e. The third-order valence-electron chi connectivity index (χ3n) is 2.98. The fourth-order valence-corrected chi connectivity index (χ4v) is 2.22. The molecule has 0 bridgehead atoms. The van der Waals surface area contributed by atoms with Crippen molar-refractivity contribution in [1.29, 1.82) is 0 Å². The molecular weight excluding hydrogens is 160 g/mol. The molecule has 2 heteroatoms. The molecule has 1 heterocycles. The normalized spacial score (nSPS) is 26.9. The second-order valence-electron chi connectivity index (χ2n) is 3.82. The maximum atomic E-state index is 4.41. The Balaban J connectivity index is 2.39. The van der Waals surface area contributed by atoms with Crippen molar-refractivity contribution in [3.63, 3.8) is 0 Å². The lowest BCUT2D eigenvalue weighted by Gasteiger charge is -2.30. The van der Waals surface area contributed by atoms with Crippen molar-refractivity contribution in [3.8, 4) is 0 Å². The minimum Gasteiger partial charge on any atom is -0.313 e. The maximum absolute atomic E-state index is 4.41. The topological polar surface area (TPSA) is 24.9 Å². The van der Waals surface area contributed by atoms with Crippen molar-refractivity contribution in [2.75, 3.05) is 7.05 Å². The second-order valence-corrected chi connectivity index (χ2v) is 3.82. The van der Waals surface area contributed by atoms with Crippen molar-refractivity contribution in [1.82, 2.24) is 10.3 Å². The van der Waals surface area contributed by atoms with Crippen molar-refractivity contribution >= 4 is 0 Å². The number of fused-ring (bicyclic) bond motifs is 1. The average molecular weight is 176 g/mol. The quantitative estimate of drug-likeness (QED) is 0.707. The molecule has 1 aliphatic rings. The van der Waals surface area contributed by atoms with E-state index in [1.54, 1.807) is 0 Å². The van der Waals surface area contributed by atoms with E-state index in [9.17, 15) is 0 Å².